The SMILES string of the molecule is CCCCC/C=C\C/C=C\CCCCCCCC(=O)OCC(COCCCCCCCC)OC(=O)CCCCCCC/C=C\CCCCCC. The first-order chi connectivity index (χ1) is 24.6. The van der Waals surface area contributed by atoms with Crippen LogP contribution in [0.1, 0.15) is 213 Å². The zero-order chi connectivity index (χ0) is 36.4. The van der Waals surface area contributed by atoms with Crippen LogP contribution in [0.2, 0.25) is 0 Å². The van der Waals surface area contributed by atoms with Crippen LogP contribution < -0.4 is 0 Å². The molecule has 0 aliphatic rings. The Morgan fingerprint density at radius 1 is 0.440 bits per heavy atom. The van der Waals surface area contributed by atoms with E-state index in [-0.39, 0.29) is 25.2 Å². The summed E-state index contributed by atoms with van der Waals surface area (Å²) in [6.07, 6.45) is 47.1. The maximum Gasteiger partial charge on any atom is 0.306 e. The Kier molecular flexibility index (Phi) is 40.0. The molecule has 5 nitrogen and oxygen atoms in total. The van der Waals surface area contributed by atoms with E-state index in [4.69, 9.17) is 14.2 Å². The molecule has 0 amide bonds. The van der Waals surface area contributed by atoms with E-state index < -0.39 is 6.10 Å². The Morgan fingerprint density at radius 2 is 0.840 bits per heavy atom. The Balaban J connectivity index is 4.17. The third-order valence-electron chi connectivity index (χ3n) is 9.15. The molecule has 0 saturated heterocycles. The number of hydrogen-bond donors (Lipinski definition) is 0. The zero-order valence-corrected chi connectivity index (χ0v) is 33.4. The second kappa shape index (κ2) is 41.5. The minimum absolute atomic E-state index is 0.0768. The summed E-state index contributed by atoms with van der Waals surface area (Å²) in [5.41, 5.74) is 0. The Hall–Kier alpha value is -1.88. The molecule has 1 unspecified atom stereocenters. The fourth-order valence-corrected chi connectivity index (χ4v) is 5.89. The van der Waals surface area contributed by atoms with E-state index in [1.165, 1.54) is 109 Å². The summed E-state index contributed by atoms with van der Waals surface area (Å²) < 4.78 is 17.2. The van der Waals surface area contributed by atoms with E-state index in [1.807, 2.05) is 0 Å². The van der Waals surface area contributed by atoms with Crippen molar-refractivity contribution >= 4 is 11.9 Å². The van der Waals surface area contributed by atoms with Crippen LogP contribution in [0.15, 0.2) is 36.5 Å². The van der Waals surface area contributed by atoms with E-state index >= 15 is 0 Å². The molecular formula is C45H82O5. The average molecular weight is 703 g/mol. The molecule has 0 saturated carbocycles. The van der Waals surface area contributed by atoms with Crippen LogP contribution in [0.25, 0.3) is 0 Å². The summed E-state index contributed by atoms with van der Waals surface area (Å²) in [5, 5.41) is 0. The maximum absolute atomic E-state index is 12.6. The summed E-state index contributed by atoms with van der Waals surface area (Å²) in [6.45, 7) is 7.73. The highest BCUT2D eigenvalue weighted by Crippen LogP contribution is 2.12. The van der Waals surface area contributed by atoms with Gasteiger partial charge in [0.25, 0.3) is 0 Å². The van der Waals surface area contributed by atoms with Crippen molar-refractivity contribution < 1.29 is 23.8 Å². The van der Waals surface area contributed by atoms with Gasteiger partial charge in [-0.15, -0.1) is 0 Å². The van der Waals surface area contributed by atoms with Crippen molar-refractivity contribution in [3.8, 4) is 0 Å². The van der Waals surface area contributed by atoms with Gasteiger partial charge in [-0.3, -0.25) is 9.59 Å². The average Bonchev–Trinajstić information content (AvgIpc) is 3.11. The molecule has 0 aliphatic heterocycles. The van der Waals surface area contributed by atoms with Gasteiger partial charge in [-0.2, -0.15) is 0 Å². The Bertz CT molecular complexity index is 801. The highest BCUT2D eigenvalue weighted by molar-refractivity contribution is 5.70. The first-order valence-electron chi connectivity index (χ1n) is 21.5. The fourth-order valence-electron chi connectivity index (χ4n) is 5.89. The molecule has 0 aromatic heterocycles. The second-order valence-electron chi connectivity index (χ2n) is 14.2. The summed E-state index contributed by atoms with van der Waals surface area (Å²) in [6, 6.07) is 0. The van der Waals surface area contributed by atoms with Gasteiger partial charge in [0.1, 0.15) is 6.61 Å². The molecule has 292 valence electrons. The number of carbonyl (C=O) groups is 2. The first kappa shape index (κ1) is 48.1. The molecule has 0 rings (SSSR count). The van der Waals surface area contributed by atoms with Crippen molar-refractivity contribution in [2.45, 2.75) is 219 Å². The van der Waals surface area contributed by atoms with Crippen LogP contribution in [0.4, 0.5) is 0 Å². The van der Waals surface area contributed by atoms with Crippen molar-refractivity contribution in [3.63, 3.8) is 0 Å². The van der Waals surface area contributed by atoms with Crippen LogP contribution >= 0.6 is 0 Å². The van der Waals surface area contributed by atoms with Crippen LogP contribution in [-0.2, 0) is 23.8 Å². The van der Waals surface area contributed by atoms with Crippen molar-refractivity contribution in [1.82, 2.24) is 0 Å². The predicted molar refractivity (Wildman–Crippen MR) is 215 cm³/mol. The fraction of sp³-hybridized carbons (Fsp3) is 0.822. The standard InChI is InChI=1S/C45H82O5/c1-4-7-10-13-16-18-20-22-23-25-26-28-30-32-35-38-44(46)49-42-43(41-48-40-37-34-15-12-9-6-3)50-45(47)39-36-33-31-29-27-24-21-19-17-14-11-8-5-2/h16,18-19,21-23,43H,4-15,17,20,24-42H2,1-3H3/b18-16-,21-19-,23-22-. The molecule has 5 heteroatoms. The third kappa shape index (κ3) is 38.9. The molecule has 0 aromatic carbocycles. The van der Waals surface area contributed by atoms with E-state index in [0.717, 1.165) is 70.6 Å². The van der Waals surface area contributed by atoms with Crippen LogP contribution in [0.5, 0.6) is 0 Å². The Labute approximate surface area is 310 Å². The molecule has 0 radical (unpaired) electrons. The summed E-state index contributed by atoms with van der Waals surface area (Å²) in [5.74, 6) is -0.423. The lowest BCUT2D eigenvalue weighted by Gasteiger charge is -2.18. The van der Waals surface area contributed by atoms with Gasteiger partial charge in [0, 0.05) is 19.4 Å². The van der Waals surface area contributed by atoms with Gasteiger partial charge in [0.15, 0.2) is 6.10 Å². The van der Waals surface area contributed by atoms with Gasteiger partial charge in [0.2, 0.25) is 0 Å². The van der Waals surface area contributed by atoms with E-state index in [0.29, 0.717) is 19.4 Å². The normalized spacial score (nSPS) is 12.5. The number of hydrogen-bond acceptors (Lipinski definition) is 5. The molecule has 0 fully saturated rings. The van der Waals surface area contributed by atoms with Crippen molar-refractivity contribution in [2.24, 2.45) is 0 Å². The van der Waals surface area contributed by atoms with Gasteiger partial charge in [-0.1, -0.05) is 160 Å². The molecule has 0 heterocycles. The van der Waals surface area contributed by atoms with Crippen LogP contribution in [0, 0.1) is 0 Å². The Morgan fingerprint density at radius 3 is 1.40 bits per heavy atom. The molecule has 0 aliphatic carbocycles. The molecule has 0 spiro atoms. The predicted octanol–water partition coefficient (Wildman–Crippen LogP) is 13.9. The molecule has 0 bridgehead atoms. The largest absolute Gasteiger partial charge is 0.462 e. The molecule has 50 heavy (non-hydrogen) atoms. The zero-order valence-electron chi connectivity index (χ0n) is 33.4. The number of rotatable bonds is 39. The topological polar surface area (TPSA) is 61.8 Å². The summed E-state index contributed by atoms with van der Waals surface area (Å²) in [4.78, 5) is 25.1. The minimum atomic E-state index is -0.537. The van der Waals surface area contributed by atoms with Gasteiger partial charge >= 0.3 is 11.9 Å². The van der Waals surface area contributed by atoms with E-state index in [1.54, 1.807) is 0 Å². The monoisotopic (exact) mass is 703 g/mol. The van der Waals surface area contributed by atoms with Crippen molar-refractivity contribution in [2.75, 3.05) is 19.8 Å². The van der Waals surface area contributed by atoms with Crippen molar-refractivity contribution in [1.29, 1.82) is 0 Å². The maximum atomic E-state index is 12.6. The van der Waals surface area contributed by atoms with Gasteiger partial charge in [0.05, 0.1) is 6.61 Å². The second-order valence-corrected chi connectivity index (χ2v) is 14.2. The van der Waals surface area contributed by atoms with E-state index in [9.17, 15) is 9.59 Å². The summed E-state index contributed by atoms with van der Waals surface area (Å²) >= 11 is 0. The smallest absolute Gasteiger partial charge is 0.306 e. The lowest BCUT2D eigenvalue weighted by Crippen LogP contribution is -2.30. The number of ether oxygens (including phenoxy) is 3. The lowest BCUT2D eigenvalue weighted by atomic mass is 10.1. The molecule has 1 atom stereocenters. The molecular weight excluding hydrogens is 620 g/mol. The highest BCUT2D eigenvalue weighted by Gasteiger charge is 2.17. The highest BCUT2D eigenvalue weighted by atomic mass is 16.6. The number of allylic oxidation sites excluding steroid dienone is 6. The number of unbranched alkanes of at least 4 members (excludes halogenated alkanes) is 22. The number of carbonyl (C=O) groups excluding carboxylic acids is 2. The van der Waals surface area contributed by atoms with Crippen molar-refractivity contribution in [3.05, 3.63) is 36.5 Å². The third-order valence-corrected chi connectivity index (χ3v) is 9.15. The summed E-state index contributed by atoms with van der Waals surface area (Å²) in [7, 11) is 0. The quantitative estimate of drug-likeness (QED) is 0.0362. The van der Waals surface area contributed by atoms with Gasteiger partial charge < -0.3 is 14.2 Å². The molecule has 0 N–H and O–H groups in total. The van der Waals surface area contributed by atoms with Crippen LogP contribution in [0.3, 0.4) is 0 Å². The first-order valence-corrected chi connectivity index (χ1v) is 21.5. The lowest BCUT2D eigenvalue weighted by molar-refractivity contribution is -0.163. The van der Waals surface area contributed by atoms with Gasteiger partial charge in [-0.25, -0.2) is 0 Å². The van der Waals surface area contributed by atoms with Gasteiger partial charge in [-0.05, 0) is 77.0 Å². The molecule has 0 aromatic rings. The van der Waals surface area contributed by atoms with Crippen LogP contribution in [-0.4, -0.2) is 37.9 Å². The van der Waals surface area contributed by atoms with E-state index in [2.05, 4.69) is 57.2 Å². The number of esters is 2. The minimum Gasteiger partial charge on any atom is -0.462 e.